The van der Waals surface area contributed by atoms with E-state index in [1.54, 1.807) is 19.1 Å². The SMILES string of the molecule is CCn1c(=O)oc2cc(S(=O)(=O)Nc3cc(OC)ccc3OC)c(Cl)cc21. The van der Waals surface area contributed by atoms with Crippen molar-refractivity contribution in [2.24, 2.45) is 0 Å². The number of fused-ring (bicyclic) bond motifs is 1. The number of hydrogen-bond donors (Lipinski definition) is 1. The van der Waals surface area contributed by atoms with Gasteiger partial charge in [0.05, 0.1) is 30.4 Å². The fourth-order valence-electron chi connectivity index (χ4n) is 2.66. The molecule has 0 aliphatic rings. The highest BCUT2D eigenvalue weighted by atomic mass is 35.5. The van der Waals surface area contributed by atoms with Gasteiger partial charge in [0.25, 0.3) is 10.0 Å². The summed E-state index contributed by atoms with van der Waals surface area (Å²) in [5.41, 5.74) is 0.732. The molecular weight excluding hydrogens is 396 g/mol. The lowest BCUT2D eigenvalue weighted by Crippen LogP contribution is -2.14. The molecule has 0 radical (unpaired) electrons. The van der Waals surface area contributed by atoms with Gasteiger partial charge in [-0.3, -0.25) is 9.29 Å². The Morgan fingerprint density at radius 2 is 1.93 bits per heavy atom. The second-order valence-electron chi connectivity index (χ2n) is 5.53. The number of benzene rings is 2. The zero-order valence-electron chi connectivity index (χ0n) is 14.8. The van der Waals surface area contributed by atoms with E-state index in [0.29, 0.717) is 23.6 Å². The minimum absolute atomic E-state index is 0.0418. The molecule has 0 aliphatic heterocycles. The number of hydrogen-bond acceptors (Lipinski definition) is 6. The Morgan fingerprint density at radius 1 is 1.19 bits per heavy atom. The summed E-state index contributed by atoms with van der Waals surface area (Å²) in [7, 11) is -1.21. The molecule has 0 saturated heterocycles. The van der Waals surface area contributed by atoms with Crippen LogP contribution in [0.4, 0.5) is 5.69 Å². The van der Waals surface area contributed by atoms with Gasteiger partial charge in [0.2, 0.25) is 0 Å². The Morgan fingerprint density at radius 3 is 2.56 bits per heavy atom. The first-order valence-electron chi connectivity index (χ1n) is 7.88. The van der Waals surface area contributed by atoms with Gasteiger partial charge >= 0.3 is 5.76 Å². The van der Waals surface area contributed by atoms with E-state index in [9.17, 15) is 13.2 Å². The predicted octanol–water partition coefficient (Wildman–Crippen LogP) is 3.09. The zero-order valence-corrected chi connectivity index (χ0v) is 16.3. The first kappa shape index (κ1) is 19.1. The first-order valence-corrected chi connectivity index (χ1v) is 9.74. The molecule has 1 aromatic heterocycles. The lowest BCUT2D eigenvalue weighted by Gasteiger charge is -2.14. The van der Waals surface area contributed by atoms with Crippen molar-refractivity contribution in [1.82, 2.24) is 4.57 Å². The highest BCUT2D eigenvalue weighted by Gasteiger charge is 2.23. The number of oxazole rings is 1. The molecule has 0 spiro atoms. The maximum Gasteiger partial charge on any atom is 0.419 e. The molecule has 8 nitrogen and oxygen atoms in total. The first-order chi connectivity index (χ1) is 12.8. The van der Waals surface area contributed by atoms with Crippen LogP contribution in [0.1, 0.15) is 6.92 Å². The smallest absolute Gasteiger partial charge is 0.419 e. The second kappa shape index (κ2) is 7.16. The monoisotopic (exact) mass is 412 g/mol. The molecule has 0 saturated carbocycles. The number of sulfonamides is 1. The van der Waals surface area contributed by atoms with Crippen LogP contribution in [-0.4, -0.2) is 27.2 Å². The molecule has 2 aromatic carbocycles. The Kier molecular flexibility index (Phi) is 5.07. The van der Waals surface area contributed by atoms with E-state index >= 15 is 0 Å². The number of halogens is 1. The van der Waals surface area contributed by atoms with E-state index in [4.69, 9.17) is 25.5 Å². The molecule has 1 N–H and O–H groups in total. The summed E-state index contributed by atoms with van der Waals surface area (Å²) in [5.74, 6) is 0.168. The Hall–Kier alpha value is -2.65. The lowest BCUT2D eigenvalue weighted by atomic mass is 10.3. The zero-order chi connectivity index (χ0) is 19.8. The topological polar surface area (TPSA) is 99.8 Å². The second-order valence-corrected chi connectivity index (χ2v) is 7.59. The number of rotatable bonds is 6. The van der Waals surface area contributed by atoms with E-state index in [-0.39, 0.29) is 21.2 Å². The van der Waals surface area contributed by atoms with Crippen molar-refractivity contribution in [2.45, 2.75) is 18.4 Å². The van der Waals surface area contributed by atoms with Gasteiger partial charge in [-0.25, -0.2) is 13.2 Å². The molecular formula is C17H17ClN2O6S. The molecule has 0 atom stereocenters. The van der Waals surface area contributed by atoms with Crippen molar-refractivity contribution in [3.8, 4) is 11.5 Å². The number of methoxy groups -OCH3 is 2. The van der Waals surface area contributed by atoms with E-state index in [1.165, 1.54) is 37.0 Å². The van der Waals surface area contributed by atoms with E-state index in [1.807, 2.05) is 0 Å². The van der Waals surface area contributed by atoms with Crippen LogP contribution >= 0.6 is 11.6 Å². The molecule has 10 heteroatoms. The van der Waals surface area contributed by atoms with Crippen LogP contribution in [0.2, 0.25) is 5.02 Å². The van der Waals surface area contributed by atoms with E-state index < -0.39 is 15.8 Å². The number of aryl methyl sites for hydroxylation is 1. The Balaban J connectivity index is 2.10. The van der Waals surface area contributed by atoms with Gasteiger partial charge in [0, 0.05) is 18.7 Å². The third-order valence-corrected chi connectivity index (χ3v) is 5.81. The van der Waals surface area contributed by atoms with Gasteiger partial charge in [-0.15, -0.1) is 0 Å². The van der Waals surface area contributed by atoms with Gasteiger partial charge in [0.15, 0.2) is 5.58 Å². The summed E-state index contributed by atoms with van der Waals surface area (Å²) in [6.45, 7) is 2.14. The highest BCUT2D eigenvalue weighted by molar-refractivity contribution is 7.92. The summed E-state index contributed by atoms with van der Waals surface area (Å²) in [6, 6.07) is 7.30. The average Bonchev–Trinajstić information content (AvgIpc) is 2.94. The fourth-order valence-corrected chi connectivity index (χ4v) is 4.26. The molecule has 3 rings (SSSR count). The van der Waals surface area contributed by atoms with Crippen LogP contribution in [0.15, 0.2) is 44.4 Å². The van der Waals surface area contributed by atoms with Crippen LogP contribution in [0, 0.1) is 0 Å². The minimum Gasteiger partial charge on any atom is -0.497 e. The third kappa shape index (κ3) is 3.47. The molecule has 0 amide bonds. The van der Waals surface area contributed by atoms with E-state index in [2.05, 4.69) is 4.72 Å². The summed E-state index contributed by atoms with van der Waals surface area (Å²) in [5, 5.41) is -0.0418. The number of aromatic nitrogens is 1. The van der Waals surface area contributed by atoms with Crippen molar-refractivity contribution < 1.29 is 22.3 Å². The number of nitrogens with zero attached hydrogens (tertiary/aromatic N) is 1. The van der Waals surface area contributed by atoms with Crippen molar-refractivity contribution >= 4 is 38.4 Å². The number of anilines is 1. The fraction of sp³-hybridized carbons (Fsp3) is 0.235. The van der Waals surface area contributed by atoms with Gasteiger partial charge in [-0.1, -0.05) is 11.6 Å². The molecule has 1 heterocycles. The number of ether oxygens (including phenoxy) is 2. The van der Waals surface area contributed by atoms with Crippen LogP contribution in [0.5, 0.6) is 11.5 Å². The molecule has 27 heavy (non-hydrogen) atoms. The normalized spacial score (nSPS) is 11.6. The molecule has 144 valence electrons. The van der Waals surface area contributed by atoms with Crippen molar-refractivity contribution in [2.75, 3.05) is 18.9 Å². The van der Waals surface area contributed by atoms with Crippen LogP contribution < -0.4 is 20.0 Å². The van der Waals surface area contributed by atoms with Crippen molar-refractivity contribution in [1.29, 1.82) is 0 Å². The van der Waals surface area contributed by atoms with Gasteiger partial charge < -0.3 is 13.9 Å². The van der Waals surface area contributed by atoms with Gasteiger partial charge in [-0.05, 0) is 25.1 Å². The quantitative estimate of drug-likeness (QED) is 0.667. The minimum atomic E-state index is -4.09. The van der Waals surface area contributed by atoms with Crippen molar-refractivity contribution in [3.63, 3.8) is 0 Å². The standard InChI is InChI=1S/C17H17ClN2O6S/c1-4-20-13-8-11(18)16(9-15(13)26-17(20)21)27(22,23)19-12-7-10(24-2)5-6-14(12)25-3/h5-9,19H,4H2,1-3H3. The Bertz CT molecular complexity index is 1170. The third-order valence-electron chi connectivity index (χ3n) is 3.98. The van der Waals surface area contributed by atoms with Crippen LogP contribution in [0.3, 0.4) is 0 Å². The average molecular weight is 413 g/mol. The van der Waals surface area contributed by atoms with Gasteiger partial charge in [0.1, 0.15) is 16.4 Å². The number of nitrogens with one attached hydrogen (secondary N) is 1. The molecule has 0 bridgehead atoms. The van der Waals surface area contributed by atoms with Gasteiger partial charge in [-0.2, -0.15) is 0 Å². The summed E-state index contributed by atoms with van der Waals surface area (Å²) >= 11 is 6.19. The maximum atomic E-state index is 12.9. The molecule has 0 fully saturated rings. The summed E-state index contributed by atoms with van der Waals surface area (Å²) < 4.78 is 45.0. The van der Waals surface area contributed by atoms with Crippen molar-refractivity contribution in [3.05, 3.63) is 45.9 Å². The Labute approximate surface area is 160 Å². The molecule has 0 unspecified atom stereocenters. The largest absolute Gasteiger partial charge is 0.497 e. The molecule has 3 aromatic rings. The van der Waals surface area contributed by atoms with Crippen LogP contribution in [0.25, 0.3) is 11.1 Å². The highest BCUT2D eigenvalue weighted by Crippen LogP contribution is 2.33. The summed E-state index contributed by atoms with van der Waals surface area (Å²) in [6.07, 6.45) is 0. The summed E-state index contributed by atoms with van der Waals surface area (Å²) in [4.78, 5) is 11.6. The van der Waals surface area contributed by atoms with E-state index in [0.717, 1.165) is 0 Å². The predicted molar refractivity (Wildman–Crippen MR) is 102 cm³/mol. The maximum absolute atomic E-state index is 12.9. The lowest BCUT2D eigenvalue weighted by molar-refractivity contribution is 0.405. The molecule has 0 aliphatic carbocycles. The van der Waals surface area contributed by atoms with Crippen LogP contribution in [-0.2, 0) is 16.6 Å².